The average molecular weight is 383 g/mol. The van der Waals surface area contributed by atoms with Gasteiger partial charge in [-0.15, -0.1) is 0 Å². The number of para-hydroxylation sites is 1. The maximum Gasteiger partial charge on any atom is 0.410 e. The maximum absolute atomic E-state index is 12.4. The second-order valence-corrected chi connectivity index (χ2v) is 7.11. The molecule has 0 N–H and O–H groups in total. The predicted molar refractivity (Wildman–Crippen MR) is 98.5 cm³/mol. The van der Waals surface area contributed by atoms with Gasteiger partial charge in [-0.2, -0.15) is 0 Å². The van der Waals surface area contributed by atoms with Crippen molar-refractivity contribution in [3.05, 3.63) is 53.6 Å². The molecule has 3 heterocycles. The smallest absolute Gasteiger partial charge is 0.410 e. The summed E-state index contributed by atoms with van der Waals surface area (Å²) in [7, 11) is 1.40. The summed E-state index contributed by atoms with van der Waals surface area (Å²) in [5.74, 6) is 2.27. The summed E-state index contributed by atoms with van der Waals surface area (Å²) >= 11 is 0. The number of carbonyl (C=O) groups excluding carboxylic acids is 1. The fraction of sp³-hybridized carbons (Fsp3) is 0.381. The molecular formula is C21H21NO6. The van der Waals surface area contributed by atoms with E-state index in [1.165, 1.54) is 7.11 Å². The number of rotatable bonds is 3. The summed E-state index contributed by atoms with van der Waals surface area (Å²) in [5.41, 5.74) is 1.99. The zero-order valence-corrected chi connectivity index (χ0v) is 15.5. The zero-order valence-electron chi connectivity index (χ0n) is 15.5. The number of methoxy groups -OCH3 is 1. The highest BCUT2D eigenvalue weighted by Gasteiger charge is 2.45. The molecule has 0 radical (unpaired) electrons. The van der Waals surface area contributed by atoms with Crippen LogP contribution >= 0.6 is 0 Å². The van der Waals surface area contributed by atoms with Crippen molar-refractivity contribution in [2.24, 2.45) is 0 Å². The molecular weight excluding hydrogens is 362 g/mol. The monoisotopic (exact) mass is 383 g/mol. The third kappa shape index (κ3) is 2.92. The van der Waals surface area contributed by atoms with Crippen LogP contribution in [0.2, 0.25) is 0 Å². The number of nitrogens with zero attached hydrogens (tertiary/aromatic N) is 1. The van der Waals surface area contributed by atoms with E-state index < -0.39 is 0 Å². The summed E-state index contributed by atoms with van der Waals surface area (Å²) in [5, 5.41) is 0. The summed E-state index contributed by atoms with van der Waals surface area (Å²) in [6.45, 7) is 1.05. The lowest BCUT2D eigenvalue weighted by Crippen LogP contribution is -2.55. The van der Waals surface area contributed by atoms with Crippen LogP contribution in [0.5, 0.6) is 17.2 Å². The van der Waals surface area contributed by atoms with Crippen molar-refractivity contribution in [1.82, 2.24) is 4.90 Å². The van der Waals surface area contributed by atoms with Crippen LogP contribution in [0.15, 0.2) is 42.5 Å². The van der Waals surface area contributed by atoms with Gasteiger partial charge in [0.1, 0.15) is 18.0 Å². The fourth-order valence-electron chi connectivity index (χ4n) is 4.10. The van der Waals surface area contributed by atoms with Crippen LogP contribution in [-0.2, 0) is 16.1 Å². The number of ether oxygens (including phenoxy) is 5. The molecule has 2 aromatic rings. The molecule has 0 saturated carbocycles. The Morgan fingerprint density at radius 3 is 2.89 bits per heavy atom. The molecule has 146 valence electrons. The van der Waals surface area contributed by atoms with E-state index in [9.17, 15) is 4.79 Å². The maximum atomic E-state index is 12.4. The number of likely N-dealkylation sites (tertiary alicyclic amines) is 1. The van der Waals surface area contributed by atoms with Gasteiger partial charge in [-0.25, -0.2) is 4.79 Å². The molecule has 3 atom stereocenters. The number of carbonyl (C=O) groups is 1. The minimum atomic E-state index is -0.350. The van der Waals surface area contributed by atoms with Crippen LogP contribution in [0.1, 0.15) is 23.6 Å². The Bertz CT molecular complexity index is 900. The molecule has 0 aromatic heterocycles. The van der Waals surface area contributed by atoms with Crippen molar-refractivity contribution in [1.29, 1.82) is 0 Å². The molecule has 1 saturated heterocycles. The SMILES string of the molecule is COC(=O)N1C[C@@H](OCc2ccc3c(c2)OCO3)[C@@H]2C[C@H]1c1ccccc1O2. The van der Waals surface area contributed by atoms with Crippen LogP contribution in [0, 0.1) is 0 Å². The van der Waals surface area contributed by atoms with Crippen LogP contribution in [0.3, 0.4) is 0 Å². The summed E-state index contributed by atoms with van der Waals surface area (Å²) in [6.07, 6.45) is -0.0430. The number of piperidine rings is 1. The molecule has 0 unspecified atom stereocenters. The van der Waals surface area contributed by atoms with E-state index >= 15 is 0 Å². The van der Waals surface area contributed by atoms with Gasteiger partial charge in [0.25, 0.3) is 0 Å². The Morgan fingerprint density at radius 1 is 1.14 bits per heavy atom. The molecule has 5 rings (SSSR count). The second-order valence-electron chi connectivity index (χ2n) is 7.11. The number of amides is 1. The van der Waals surface area contributed by atoms with Crippen molar-refractivity contribution in [3.8, 4) is 17.2 Å². The first-order chi connectivity index (χ1) is 13.7. The molecule has 7 heteroatoms. The van der Waals surface area contributed by atoms with Crippen LogP contribution < -0.4 is 14.2 Å². The average Bonchev–Trinajstić information content (AvgIpc) is 3.20. The van der Waals surface area contributed by atoms with E-state index in [2.05, 4.69) is 0 Å². The van der Waals surface area contributed by atoms with Crippen LogP contribution in [0.4, 0.5) is 4.79 Å². The van der Waals surface area contributed by atoms with E-state index in [1.54, 1.807) is 4.90 Å². The Balaban J connectivity index is 1.36. The Morgan fingerprint density at radius 2 is 2.00 bits per heavy atom. The number of benzene rings is 2. The van der Waals surface area contributed by atoms with Gasteiger partial charge in [0.15, 0.2) is 11.5 Å². The summed E-state index contributed by atoms with van der Waals surface area (Å²) < 4.78 is 28.2. The predicted octanol–water partition coefficient (Wildman–Crippen LogP) is 3.27. The molecule has 7 nitrogen and oxygen atoms in total. The Labute approximate surface area is 162 Å². The van der Waals surface area contributed by atoms with E-state index in [1.807, 2.05) is 42.5 Å². The summed E-state index contributed by atoms with van der Waals surface area (Å²) in [4.78, 5) is 14.1. The molecule has 2 bridgehead atoms. The van der Waals surface area contributed by atoms with Crippen molar-refractivity contribution in [2.45, 2.75) is 31.3 Å². The first-order valence-corrected chi connectivity index (χ1v) is 9.33. The largest absolute Gasteiger partial charge is 0.487 e. The second kappa shape index (κ2) is 6.91. The van der Waals surface area contributed by atoms with Crippen molar-refractivity contribution in [3.63, 3.8) is 0 Å². The Kier molecular flexibility index (Phi) is 4.24. The molecule has 2 aromatic carbocycles. The third-order valence-corrected chi connectivity index (χ3v) is 5.49. The molecule has 0 spiro atoms. The zero-order chi connectivity index (χ0) is 19.1. The minimum Gasteiger partial charge on any atom is -0.487 e. The van der Waals surface area contributed by atoms with E-state index in [-0.39, 0.29) is 31.1 Å². The first-order valence-electron chi connectivity index (χ1n) is 9.33. The third-order valence-electron chi connectivity index (χ3n) is 5.49. The molecule has 1 amide bonds. The van der Waals surface area contributed by atoms with E-state index in [4.69, 9.17) is 23.7 Å². The molecule has 1 fully saturated rings. The lowest BCUT2D eigenvalue weighted by Gasteiger charge is -2.46. The van der Waals surface area contributed by atoms with Gasteiger partial charge >= 0.3 is 6.09 Å². The van der Waals surface area contributed by atoms with Gasteiger partial charge in [0.05, 0.1) is 26.3 Å². The van der Waals surface area contributed by atoms with Crippen molar-refractivity contribution >= 4 is 6.09 Å². The molecule has 28 heavy (non-hydrogen) atoms. The quantitative estimate of drug-likeness (QED) is 0.811. The van der Waals surface area contributed by atoms with Gasteiger partial charge in [0, 0.05) is 12.0 Å². The first kappa shape index (κ1) is 17.2. The fourth-order valence-corrected chi connectivity index (χ4v) is 4.10. The molecule has 0 aliphatic carbocycles. The van der Waals surface area contributed by atoms with Crippen molar-refractivity contribution in [2.75, 3.05) is 20.4 Å². The highest BCUT2D eigenvalue weighted by atomic mass is 16.7. The minimum absolute atomic E-state index is 0.0622. The highest BCUT2D eigenvalue weighted by molar-refractivity contribution is 5.69. The Hall–Kier alpha value is -2.93. The van der Waals surface area contributed by atoms with Gasteiger partial charge in [0.2, 0.25) is 6.79 Å². The number of hydrogen-bond acceptors (Lipinski definition) is 6. The van der Waals surface area contributed by atoms with Gasteiger partial charge in [-0.1, -0.05) is 24.3 Å². The van der Waals surface area contributed by atoms with Crippen LogP contribution in [0.25, 0.3) is 0 Å². The van der Waals surface area contributed by atoms with Gasteiger partial charge < -0.3 is 23.7 Å². The standard InChI is InChI=1S/C21H21NO6/c1-24-21(23)22-10-20(19-9-15(22)14-4-2-3-5-16(14)28-19)25-11-13-6-7-17-18(8-13)27-12-26-17/h2-8,15,19-20H,9-12H2,1H3/t15-,19-,20+/m0/s1. The van der Waals surface area contributed by atoms with Gasteiger partial charge in [-0.05, 0) is 23.8 Å². The summed E-state index contributed by atoms with van der Waals surface area (Å²) in [6, 6.07) is 13.5. The van der Waals surface area contributed by atoms with E-state index in [0.717, 1.165) is 28.4 Å². The molecule has 3 aliphatic rings. The number of hydrogen-bond donors (Lipinski definition) is 0. The van der Waals surface area contributed by atoms with Crippen molar-refractivity contribution < 1.29 is 28.5 Å². The van der Waals surface area contributed by atoms with Gasteiger partial charge in [-0.3, -0.25) is 4.90 Å². The van der Waals surface area contributed by atoms with Crippen LogP contribution in [-0.4, -0.2) is 43.6 Å². The number of fused-ring (bicyclic) bond motifs is 5. The topological polar surface area (TPSA) is 66.5 Å². The highest BCUT2D eigenvalue weighted by Crippen LogP contribution is 2.43. The van der Waals surface area contributed by atoms with E-state index in [0.29, 0.717) is 19.6 Å². The lowest BCUT2D eigenvalue weighted by atomic mass is 9.88. The lowest BCUT2D eigenvalue weighted by molar-refractivity contribution is -0.0977. The normalized spacial score (nSPS) is 24.3. The molecule has 3 aliphatic heterocycles.